The molecule has 1 aromatic rings. The quantitative estimate of drug-likeness (QED) is 0.578. The van der Waals surface area contributed by atoms with Crippen LogP contribution in [0.1, 0.15) is 23.2 Å². The van der Waals surface area contributed by atoms with Crippen LogP contribution in [0.25, 0.3) is 0 Å². The summed E-state index contributed by atoms with van der Waals surface area (Å²) in [5.41, 5.74) is 0.593. The van der Waals surface area contributed by atoms with Gasteiger partial charge in [-0.15, -0.1) is 0 Å². The second kappa shape index (κ2) is 6.95. The average molecular weight is 412 g/mol. The zero-order chi connectivity index (χ0) is 12.8. The molecule has 0 heterocycles. The Bertz CT molecular complexity index is 437. The van der Waals surface area contributed by atoms with E-state index in [1.807, 2.05) is 12.1 Å². The van der Waals surface area contributed by atoms with E-state index in [4.69, 9.17) is 5.11 Å². The second-order valence-electron chi connectivity index (χ2n) is 3.38. The molecular weight excluding hydrogens is 401 g/mol. The highest BCUT2D eigenvalue weighted by Crippen LogP contribution is 2.18. The highest BCUT2D eigenvalue weighted by Gasteiger charge is 2.09. The summed E-state index contributed by atoms with van der Waals surface area (Å²) in [7, 11) is 0. The lowest BCUT2D eigenvalue weighted by Crippen LogP contribution is -2.25. The first kappa shape index (κ1) is 14.4. The minimum atomic E-state index is -0.851. The molecule has 1 rings (SSSR count). The molecule has 0 unspecified atom stereocenters. The van der Waals surface area contributed by atoms with Gasteiger partial charge in [0, 0.05) is 21.0 Å². The number of carboxylic acid groups (broad SMARTS) is 1. The summed E-state index contributed by atoms with van der Waals surface area (Å²) >= 11 is 5.39. The zero-order valence-electron chi connectivity index (χ0n) is 8.87. The minimum Gasteiger partial charge on any atom is -0.481 e. The second-order valence-corrected chi connectivity index (χ2v) is 5.46. The number of hydrogen-bond acceptors (Lipinski definition) is 2. The molecule has 0 aromatic heterocycles. The molecule has 0 saturated carbocycles. The highest BCUT2D eigenvalue weighted by molar-refractivity contribution is 14.1. The van der Waals surface area contributed by atoms with Gasteiger partial charge in [-0.05, 0) is 47.2 Å². The van der Waals surface area contributed by atoms with Crippen LogP contribution in [0, 0.1) is 3.57 Å². The van der Waals surface area contributed by atoms with Crippen molar-refractivity contribution in [3.05, 3.63) is 31.8 Å². The molecule has 0 spiro atoms. The van der Waals surface area contributed by atoms with E-state index >= 15 is 0 Å². The van der Waals surface area contributed by atoms with Gasteiger partial charge in [-0.2, -0.15) is 0 Å². The van der Waals surface area contributed by atoms with E-state index in [1.165, 1.54) is 0 Å². The summed E-state index contributed by atoms with van der Waals surface area (Å²) in [5, 5.41) is 11.2. The number of carbonyl (C=O) groups excluding carboxylic acids is 1. The molecule has 92 valence electrons. The number of carboxylic acids is 1. The van der Waals surface area contributed by atoms with Gasteiger partial charge in [0.15, 0.2) is 0 Å². The summed E-state index contributed by atoms with van der Waals surface area (Å²) in [5.74, 6) is -1.03. The number of amides is 1. The van der Waals surface area contributed by atoms with Crippen LogP contribution >= 0.6 is 38.5 Å². The van der Waals surface area contributed by atoms with E-state index < -0.39 is 5.97 Å². The van der Waals surface area contributed by atoms with Gasteiger partial charge >= 0.3 is 5.97 Å². The van der Waals surface area contributed by atoms with E-state index in [0.29, 0.717) is 18.5 Å². The average Bonchev–Trinajstić information content (AvgIpc) is 2.27. The highest BCUT2D eigenvalue weighted by atomic mass is 127. The third kappa shape index (κ3) is 5.03. The first-order chi connectivity index (χ1) is 8.00. The van der Waals surface area contributed by atoms with E-state index in [9.17, 15) is 9.59 Å². The summed E-state index contributed by atoms with van der Waals surface area (Å²) in [4.78, 5) is 22.1. The predicted molar refractivity (Wildman–Crippen MR) is 76.1 cm³/mol. The van der Waals surface area contributed by atoms with Crippen LogP contribution in [0.5, 0.6) is 0 Å². The van der Waals surface area contributed by atoms with Crippen LogP contribution in [0.3, 0.4) is 0 Å². The summed E-state index contributed by atoms with van der Waals surface area (Å²) in [6.07, 6.45) is 0.501. The van der Waals surface area contributed by atoms with Crippen molar-refractivity contribution in [2.24, 2.45) is 0 Å². The number of benzene rings is 1. The number of halogens is 2. The summed E-state index contributed by atoms with van der Waals surface area (Å²) in [6, 6.07) is 5.45. The minimum absolute atomic E-state index is 0.0653. The SMILES string of the molecule is O=C(O)CCCNC(=O)c1cc(Br)ccc1I. The third-order valence-corrected chi connectivity index (χ3v) is 3.46. The van der Waals surface area contributed by atoms with Crippen molar-refractivity contribution in [3.63, 3.8) is 0 Å². The molecule has 0 bridgehead atoms. The van der Waals surface area contributed by atoms with Crippen molar-refractivity contribution < 1.29 is 14.7 Å². The first-order valence-electron chi connectivity index (χ1n) is 4.95. The van der Waals surface area contributed by atoms with E-state index in [2.05, 4.69) is 43.8 Å². The van der Waals surface area contributed by atoms with Crippen LogP contribution < -0.4 is 5.32 Å². The number of carbonyl (C=O) groups is 2. The standard InChI is InChI=1S/C11H11BrINO3/c12-7-3-4-9(13)8(6-7)11(17)14-5-1-2-10(15)16/h3-4,6H,1-2,5H2,(H,14,17)(H,15,16). The van der Waals surface area contributed by atoms with Crippen LogP contribution in [-0.4, -0.2) is 23.5 Å². The maximum atomic E-state index is 11.8. The van der Waals surface area contributed by atoms with Gasteiger partial charge < -0.3 is 10.4 Å². The smallest absolute Gasteiger partial charge is 0.303 e. The Morgan fingerprint density at radius 1 is 1.41 bits per heavy atom. The third-order valence-electron chi connectivity index (χ3n) is 2.03. The monoisotopic (exact) mass is 411 g/mol. The Balaban J connectivity index is 2.52. The molecule has 17 heavy (non-hydrogen) atoms. The topological polar surface area (TPSA) is 66.4 Å². The van der Waals surface area contributed by atoms with Crippen LogP contribution in [0.2, 0.25) is 0 Å². The van der Waals surface area contributed by atoms with Crippen LogP contribution in [0.4, 0.5) is 0 Å². The lowest BCUT2D eigenvalue weighted by Gasteiger charge is -2.06. The normalized spacial score (nSPS) is 10.0. The first-order valence-corrected chi connectivity index (χ1v) is 6.83. The molecule has 0 aliphatic rings. The Kier molecular flexibility index (Phi) is 5.90. The molecular formula is C11H11BrINO3. The van der Waals surface area contributed by atoms with Gasteiger partial charge in [0.2, 0.25) is 0 Å². The van der Waals surface area contributed by atoms with E-state index in [1.54, 1.807) is 6.07 Å². The van der Waals surface area contributed by atoms with E-state index in [-0.39, 0.29) is 12.3 Å². The predicted octanol–water partition coefficient (Wildman–Crippen LogP) is 2.65. The molecule has 0 fully saturated rings. The lowest BCUT2D eigenvalue weighted by atomic mass is 10.2. The fraction of sp³-hybridized carbons (Fsp3) is 0.273. The summed E-state index contributed by atoms with van der Waals surface area (Å²) in [6.45, 7) is 0.369. The van der Waals surface area contributed by atoms with Crippen molar-refractivity contribution >= 4 is 50.4 Å². The molecule has 0 aliphatic carbocycles. The lowest BCUT2D eigenvalue weighted by molar-refractivity contribution is -0.137. The molecule has 1 amide bonds. The Morgan fingerprint density at radius 2 is 2.12 bits per heavy atom. The number of aliphatic carboxylic acids is 1. The van der Waals surface area contributed by atoms with Crippen molar-refractivity contribution in [1.82, 2.24) is 5.32 Å². The summed E-state index contributed by atoms with van der Waals surface area (Å²) < 4.78 is 1.70. The maximum absolute atomic E-state index is 11.8. The number of hydrogen-bond donors (Lipinski definition) is 2. The number of nitrogens with one attached hydrogen (secondary N) is 1. The van der Waals surface area contributed by atoms with Gasteiger partial charge in [-0.3, -0.25) is 9.59 Å². The number of rotatable bonds is 5. The van der Waals surface area contributed by atoms with Gasteiger partial charge in [0.1, 0.15) is 0 Å². The van der Waals surface area contributed by atoms with Crippen molar-refractivity contribution in [1.29, 1.82) is 0 Å². The molecule has 2 N–H and O–H groups in total. The van der Waals surface area contributed by atoms with Crippen LogP contribution in [-0.2, 0) is 4.79 Å². The molecule has 6 heteroatoms. The van der Waals surface area contributed by atoms with Crippen LogP contribution in [0.15, 0.2) is 22.7 Å². The largest absolute Gasteiger partial charge is 0.481 e. The zero-order valence-corrected chi connectivity index (χ0v) is 12.6. The molecule has 0 saturated heterocycles. The molecule has 0 aliphatic heterocycles. The molecule has 1 aromatic carbocycles. The van der Waals surface area contributed by atoms with Gasteiger partial charge in [0.05, 0.1) is 5.56 Å². The Labute approximate surface area is 121 Å². The van der Waals surface area contributed by atoms with Crippen molar-refractivity contribution in [2.45, 2.75) is 12.8 Å². The van der Waals surface area contributed by atoms with E-state index in [0.717, 1.165) is 8.04 Å². The molecule has 4 nitrogen and oxygen atoms in total. The maximum Gasteiger partial charge on any atom is 0.303 e. The van der Waals surface area contributed by atoms with Crippen molar-refractivity contribution in [2.75, 3.05) is 6.54 Å². The Morgan fingerprint density at radius 3 is 2.76 bits per heavy atom. The van der Waals surface area contributed by atoms with Gasteiger partial charge in [-0.25, -0.2) is 0 Å². The van der Waals surface area contributed by atoms with Gasteiger partial charge in [0.25, 0.3) is 5.91 Å². The Hall–Kier alpha value is -0.630. The van der Waals surface area contributed by atoms with Gasteiger partial charge in [-0.1, -0.05) is 15.9 Å². The fourth-order valence-electron chi connectivity index (χ4n) is 1.21. The fourth-order valence-corrected chi connectivity index (χ4v) is 2.15. The van der Waals surface area contributed by atoms with Crippen molar-refractivity contribution in [3.8, 4) is 0 Å². The molecule has 0 atom stereocenters. The molecule has 0 radical (unpaired) electrons.